The lowest BCUT2D eigenvalue weighted by molar-refractivity contribution is -0.135. The van der Waals surface area contributed by atoms with Gasteiger partial charge in [0.05, 0.1) is 23.7 Å². The maximum Gasteiger partial charge on any atom is 0.267 e. The van der Waals surface area contributed by atoms with E-state index in [0.29, 0.717) is 13.1 Å². The largest absolute Gasteiger partial charge is 0.337 e. The van der Waals surface area contributed by atoms with Crippen LogP contribution in [0, 0.1) is 5.82 Å². The van der Waals surface area contributed by atoms with E-state index < -0.39 is 5.41 Å². The highest BCUT2D eigenvalue weighted by molar-refractivity contribution is 5.91. The van der Waals surface area contributed by atoms with Crippen LogP contribution < -0.4 is 5.56 Å². The van der Waals surface area contributed by atoms with E-state index in [1.54, 1.807) is 22.9 Å². The summed E-state index contributed by atoms with van der Waals surface area (Å²) in [4.78, 5) is 27.8. The highest BCUT2D eigenvalue weighted by atomic mass is 19.1. The van der Waals surface area contributed by atoms with Gasteiger partial charge < -0.3 is 4.90 Å². The molecule has 1 aromatic heterocycles. The Kier molecular flexibility index (Phi) is 4.11. The van der Waals surface area contributed by atoms with Gasteiger partial charge in [-0.1, -0.05) is 12.1 Å². The molecule has 5 rings (SSSR count). The van der Waals surface area contributed by atoms with Crippen molar-refractivity contribution in [2.75, 3.05) is 6.54 Å². The number of carbonyl (C=O) groups excluding carboxylic acids is 1. The number of likely N-dealkylation sites (tertiary alicyclic amines) is 1. The number of halogens is 1. The molecule has 1 unspecified atom stereocenters. The summed E-state index contributed by atoms with van der Waals surface area (Å²) in [6, 6.07) is 8.04. The van der Waals surface area contributed by atoms with Crippen LogP contribution in [0.15, 0.2) is 35.1 Å². The van der Waals surface area contributed by atoms with Gasteiger partial charge in [0.2, 0.25) is 5.91 Å². The molecule has 146 valence electrons. The molecule has 6 heteroatoms. The molecule has 2 aromatic rings. The standard InChI is InChI=1S/C22H24FN3O2/c23-17-8-6-16(7-9-17)22(10-11-22)21(28)25-12-2-4-18(25)14-26-20(27)13-15-3-1-5-19(15)24-26/h6-9,13,18H,1-5,10-12,14H2. The van der Waals surface area contributed by atoms with Gasteiger partial charge in [-0.3, -0.25) is 9.59 Å². The molecule has 2 aliphatic carbocycles. The van der Waals surface area contributed by atoms with E-state index in [2.05, 4.69) is 5.10 Å². The highest BCUT2D eigenvalue weighted by Crippen LogP contribution is 2.50. The monoisotopic (exact) mass is 381 g/mol. The van der Waals surface area contributed by atoms with Crippen molar-refractivity contribution in [3.63, 3.8) is 0 Å². The van der Waals surface area contributed by atoms with Gasteiger partial charge in [0, 0.05) is 12.6 Å². The van der Waals surface area contributed by atoms with Crippen LogP contribution in [-0.2, 0) is 29.6 Å². The maximum absolute atomic E-state index is 13.4. The minimum Gasteiger partial charge on any atom is -0.337 e. The molecule has 2 fully saturated rings. The second kappa shape index (κ2) is 6.54. The number of hydrogen-bond acceptors (Lipinski definition) is 3. The molecule has 1 saturated carbocycles. The van der Waals surface area contributed by atoms with Crippen LogP contribution in [0.2, 0.25) is 0 Å². The van der Waals surface area contributed by atoms with Crippen LogP contribution in [-0.4, -0.2) is 33.2 Å². The number of hydrogen-bond donors (Lipinski definition) is 0. The SMILES string of the molecule is O=C(N1CCCC1Cn1nc2c(cc1=O)CCC2)C1(c2ccc(F)cc2)CC1. The number of amides is 1. The van der Waals surface area contributed by atoms with E-state index in [4.69, 9.17) is 0 Å². The molecular formula is C22H24FN3O2. The highest BCUT2D eigenvalue weighted by Gasteiger charge is 2.54. The summed E-state index contributed by atoms with van der Waals surface area (Å²) in [6.07, 6.45) is 6.35. The van der Waals surface area contributed by atoms with Crippen LogP contribution in [0.3, 0.4) is 0 Å². The normalized spacial score (nSPS) is 22.3. The van der Waals surface area contributed by atoms with Crippen LogP contribution in [0.1, 0.15) is 48.9 Å². The Bertz CT molecular complexity index is 978. The Morgan fingerprint density at radius 3 is 2.71 bits per heavy atom. The first-order valence-electron chi connectivity index (χ1n) is 10.2. The van der Waals surface area contributed by atoms with E-state index in [1.807, 2.05) is 4.90 Å². The summed E-state index contributed by atoms with van der Waals surface area (Å²) in [5, 5.41) is 4.58. The van der Waals surface area contributed by atoms with Crippen molar-refractivity contribution in [1.29, 1.82) is 0 Å². The Labute approximate surface area is 163 Å². The predicted molar refractivity (Wildman–Crippen MR) is 103 cm³/mol. The molecule has 0 spiro atoms. The zero-order valence-corrected chi connectivity index (χ0v) is 15.9. The maximum atomic E-state index is 13.4. The van der Waals surface area contributed by atoms with E-state index in [0.717, 1.165) is 61.8 Å². The number of carbonyl (C=O) groups is 1. The number of aromatic nitrogens is 2. The number of rotatable bonds is 4. The Balaban J connectivity index is 1.38. The van der Waals surface area contributed by atoms with E-state index in [1.165, 1.54) is 12.1 Å². The average Bonchev–Trinajstić information content (AvgIpc) is 3.15. The first-order valence-corrected chi connectivity index (χ1v) is 10.2. The average molecular weight is 381 g/mol. The third-order valence-electron chi connectivity index (χ3n) is 6.60. The third kappa shape index (κ3) is 2.86. The van der Waals surface area contributed by atoms with Gasteiger partial charge in [0.15, 0.2) is 0 Å². The van der Waals surface area contributed by atoms with Crippen molar-refractivity contribution in [1.82, 2.24) is 14.7 Å². The Morgan fingerprint density at radius 1 is 1.18 bits per heavy atom. The molecule has 28 heavy (non-hydrogen) atoms. The summed E-state index contributed by atoms with van der Waals surface area (Å²) in [5.41, 5.74) is 2.43. The van der Waals surface area contributed by atoms with Crippen LogP contribution in [0.4, 0.5) is 4.39 Å². The molecule has 0 N–H and O–H groups in total. The fourth-order valence-electron chi connectivity index (χ4n) is 4.86. The van der Waals surface area contributed by atoms with Gasteiger partial charge in [-0.2, -0.15) is 5.10 Å². The fourth-order valence-corrected chi connectivity index (χ4v) is 4.86. The lowest BCUT2D eigenvalue weighted by atomic mass is 9.94. The smallest absolute Gasteiger partial charge is 0.267 e. The van der Waals surface area contributed by atoms with E-state index >= 15 is 0 Å². The third-order valence-corrected chi connectivity index (χ3v) is 6.60. The second-order valence-electron chi connectivity index (χ2n) is 8.37. The minimum absolute atomic E-state index is 0.00456. The quantitative estimate of drug-likeness (QED) is 0.818. The number of fused-ring (bicyclic) bond motifs is 1. The van der Waals surface area contributed by atoms with Crippen molar-refractivity contribution >= 4 is 5.91 Å². The Hall–Kier alpha value is -2.50. The summed E-state index contributed by atoms with van der Waals surface area (Å²) >= 11 is 0. The van der Waals surface area contributed by atoms with Gasteiger partial charge >= 0.3 is 0 Å². The molecule has 0 bridgehead atoms. The molecule has 1 amide bonds. The molecule has 1 aliphatic heterocycles. The van der Waals surface area contributed by atoms with Gasteiger partial charge in [0.25, 0.3) is 5.56 Å². The first kappa shape index (κ1) is 17.6. The van der Waals surface area contributed by atoms with E-state index in [9.17, 15) is 14.0 Å². The van der Waals surface area contributed by atoms with Gasteiger partial charge in [0.1, 0.15) is 5.82 Å². The van der Waals surface area contributed by atoms with Gasteiger partial charge in [-0.05, 0) is 68.2 Å². The van der Waals surface area contributed by atoms with Gasteiger partial charge in [-0.25, -0.2) is 9.07 Å². The zero-order valence-electron chi connectivity index (χ0n) is 15.9. The number of benzene rings is 1. The van der Waals surface area contributed by atoms with Crippen molar-refractivity contribution in [2.24, 2.45) is 0 Å². The minimum atomic E-state index is -0.507. The van der Waals surface area contributed by atoms with E-state index in [-0.39, 0.29) is 23.3 Å². The first-order chi connectivity index (χ1) is 13.6. The van der Waals surface area contributed by atoms with Crippen LogP contribution >= 0.6 is 0 Å². The molecule has 1 aromatic carbocycles. The second-order valence-corrected chi connectivity index (χ2v) is 8.37. The summed E-state index contributed by atoms with van der Waals surface area (Å²) < 4.78 is 14.9. The number of aryl methyl sites for hydroxylation is 2. The van der Waals surface area contributed by atoms with Crippen molar-refractivity contribution in [3.05, 3.63) is 63.3 Å². The number of nitrogens with zero attached hydrogens (tertiary/aromatic N) is 3. The molecule has 2 heterocycles. The molecule has 1 saturated heterocycles. The van der Waals surface area contributed by atoms with Gasteiger partial charge in [-0.15, -0.1) is 0 Å². The van der Waals surface area contributed by atoms with Crippen LogP contribution in [0.25, 0.3) is 0 Å². The summed E-state index contributed by atoms with van der Waals surface area (Å²) in [5.74, 6) is -0.163. The predicted octanol–water partition coefficient (Wildman–Crippen LogP) is 2.59. The molecule has 0 radical (unpaired) electrons. The lowest BCUT2D eigenvalue weighted by Crippen LogP contribution is -2.45. The van der Waals surface area contributed by atoms with Crippen LogP contribution in [0.5, 0.6) is 0 Å². The Morgan fingerprint density at radius 2 is 1.96 bits per heavy atom. The summed E-state index contributed by atoms with van der Waals surface area (Å²) in [7, 11) is 0. The molecule has 1 atom stereocenters. The lowest BCUT2D eigenvalue weighted by Gasteiger charge is -2.29. The molecule has 3 aliphatic rings. The molecular weight excluding hydrogens is 357 g/mol. The molecule has 5 nitrogen and oxygen atoms in total. The summed E-state index contributed by atoms with van der Waals surface area (Å²) in [6.45, 7) is 1.17. The fraction of sp³-hybridized carbons (Fsp3) is 0.500. The zero-order chi connectivity index (χ0) is 19.3. The van der Waals surface area contributed by atoms with Crippen molar-refractivity contribution in [2.45, 2.75) is 62.9 Å². The van der Waals surface area contributed by atoms with Crippen molar-refractivity contribution < 1.29 is 9.18 Å². The van der Waals surface area contributed by atoms with Crippen molar-refractivity contribution in [3.8, 4) is 0 Å². The topological polar surface area (TPSA) is 55.2 Å².